The molecule has 0 radical (unpaired) electrons. The van der Waals surface area contributed by atoms with Crippen LogP contribution in [0.5, 0.6) is 5.75 Å². The smallest absolute Gasteiger partial charge is 0.426 e. The average molecular weight is 417 g/mol. The molecule has 6 heteroatoms. The van der Waals surface area contributed by atoms with Crippen LogP contribution >= 0.6 is 0 Å². The lowest BCUT2D eigenvalue weighted by Crippen LogP contribution is -2.22. The number of alkyl halides is 2. The summed E-state index contributed by atoms with van der Waals surface area (Å²) in [5.74, 6) is -2.25. The van der Waals surface area contributed by atoms with E-state index in [1.54, 1.807) is 12.1 Å². The van der Waals surface area contributed by atoms with Crippen molar-refractivity contribution in [1.82, 2.24) is 0 Å². The van der Waals surface area contributed by atoms with Crippen molar-refractivity contribution in [3.8, 4) is 11.8 Å². The molecule has 1 aliphatic carbocycles. The molecule has 2 nitrogen and oxygen atoms in total. The van der Waals surface area contributed by atoms with Gasteiger partial charge < -0.3 is 4.74 Å². The Kier molecular flexibility index (Phi) is 6.81. The zero-order valence-electron chi connectivity index (χ0n) is 16.7. The maximum Gasteiger partial charge on any atom is 0.426 e. The maximum absolute atomic E-state index is 14.5. The van der Waals surface area contributed by atoms with Crippen molar-refractivity contribution in [2.75, 3.05) is 0 Å². The minimum atomic E-state index is -3.77. The van der Waals surface area contributed by atoms with Gasteiger partial charge in [0.2, 0.25) is 0 Å². The normalized spacial score (nSPS) is 19.6. The minimum absolute atomic E-state index is 0.335. The van der Waals surface area contributed by atoms with E-state index in [0.717, 1.165) is 37.7 Å². The van der Waals surface area contributed by atoms with Crippen LogP contribution in [0.25, 0.3) is 0 Å². The number of rotatable bonds is 6. The molecule has 1 fully saturated rings. The highest BCUT2D eigenvalue weighted by Gasteiger charge is 2.35. The van der Waals surface area contributed by atoms with E-state index >= 15 is 0 Å². The van der Waals surface area contributed by atoms with Gasteiger partial charge in [0.25, 0.3) is 0 Å². The number of benzene rings is 2. The second-order valence-corrected chi connectivity index (χ2v) is 7.56. The predicted octanol–water partition coefficient (Wildman–Crippen LogP) is 7.20. The van der Waals surface area contributed by atoms with E-state index in [9.17, 15) is 17.6 Å². The lowest BCUT2D eigenvalue weighted by atomic mass is 9.78. The summed E-state index contributed by atoms with van der Waals surface area (Å²) in [4.78, 5) is 0. The van der Waals surface area contributed by atoms with Crippen LogP contribution in [0.4, 0.5) is 17.6 Å². The summed E-state index contributed by atoms with van der Waals surface area (Å²) in [5.41, 5.74) is -0.242. The van der Waals surface area contributed by atoms with E-state index in [2.05, 4.69) is 23.8 Å². The van der Waals surface area contributed by atoms with Crippen LogP contribution in [-0.4, -0.2) is 0 Å². The number of ether oxygens (including phenoxy) is 1. The molecule has 0 heterocycles. The second kappa shape index (κ2) is 9.34. The molecule has 3 rings (SSSR count). The third-order valence-corrected chi connectivity index (χ3v) is 5.51. The van der Waals surface area contributed by atoms with E-state index in [-0.39, 0.29) is 0 Å². The van der Waals surface area contributed by atoms with Gasteiger partial charge in [-0.25, -0.2) is 8.78 Å². The number of hydrogen-bond acceptors (Lipinski definition) is 2. The first kappa shape index (κ1) is 21.9. The summed E-state index contributed by atoms with van der Waals surface area (Å²) in [6, 6.07) is 8.40. The number of nitrogens with zero attached hydrogens (tertiary/aromatic N) is 1. The second-order valence-electron chi connectivity index (χ2n) is 7.56. The molecule has 0 N–H and O–H groups in total. The van der Waals surface area contributed by atoms with Crippen LogP contribution < -0.4 is 4.74 Å². The van der Waals surface area contributed by atoms with E-state index in [1.165, 1.54) is 18.2 Å². The molecule has 0 aromatic heterocycles. The van der Waals surface area contributed by atoms with Crippen molar-refractivity contribution in [3.05, 3.63) is 76.9 Å². The molecule has 1 aliphatic rings. The van der Waals surface area contributed by atoms with Crippen LogP contribution in [0.2, 0.25) is 0 Å². The van der Waals surface area contributed by atoms with Crippen molar-refractivity contribution < 1.29 is 22.3 Å². The Morgan fingerprint density at radius 3 is 2.20 bits per heavy atom. The summed E-state index contributed by atoms with van der Waals surface area (Å²) < 4.78 is 60.8. The molecule has 0 saturated heterocycles. The van der Waals surface area contributed by atoms with Gasteiger partial charge in [0.15, 0.2) is 0 Å². The Hall–Kier alpha value is -2.81. The third-order valence-electron chi connectivity index (χ3n) is 5.51. The van der Waals surface area contributed by atoms with Crippen LogP contribution in [-0.2, 0) is 6.11 Å². The monoisotopic (exact) mass is 417 g/mol. The number of halogens is 4. The highest BCUT2D eigenvalue weighted by atomic mass is 19.3. The summed E-state index contributed by atoms with van der Waals surface area (Å²) in [6.45, 7) is 2.11. The first-order chi connectivity index (χ1) is 14.3. The summed E-state index contributed by atoms with van der Waals surface area (Å²) in [5, 5.41) is 8.66. The van der Waals surface area contributed by atoms with Gasteiger partial charge in [-0.3, -0.25) is 0 Å². The highest BCUT2D eigenvalue weighted by Crippen LogP contribution is 2.38. The van der Waals surface area contributed by atoms with E-state index in [0.29, 0.717) is 24.0 Å². The Bertz CT molecular complexity index is 916. The fourth-order valence-electron chi connectivity index (χ4n) is 3.85. The van der Waals surface area contributed by atoms with Gasteiger partial charge >= 0.3 is 6.11 Å². The van der Waals surface area contributed by atoms with Crippen molar-refractivity contribution in [2.24, 2.45) is 5.92 Å². The van der Waals surface area contributed by atoms with E-state index < -0.39 is 34.6 Å². The van der Waals surface area contributed by atoms with Crippen LogP contribution in [0, 0.1) is 28.9 Å². The molecule has 2 aromatic carbocycles. The van der Waals surface area contributed by atoms with Crippen LogP contribution in [0.3, 0.4) is 0 Å². The SMILES string of the molecule is CC/C=C\[C@H]1CC[C@H](c2ccc(C(F)(F)Oc3cc(F)c(C#N)c(F)c3)cc2)CC1. The zero-order valence-corrected chi connectivity index (χ0v) is 16.7. The molecular formula is C24H23F4NO. The Labute approximate surface area is 173 Å². The molecular weight excluding hydrogens is 394 g/mol. The molecule has 0 aliphatic heterocycles. The van der Waals surface area contributed by atoms with Gasteiger partial charge in [-0.1, -0.05) is 31.2 Å². The molecule has 158 valence electrons. The minimum Gasteiger partial charge on any atom is -0.429 e. The quantitative estimate of drug-likeness (QED) is 0.368. The standard InChI is InChI=1S/C24H23F4NO/c1-2-3-4-16-5-7-17(8-6-16)18-9-11-19(12-10-18)24(27,28)30-20-13-22(25)21(15-29)23(26)14-20/h3-4,9-14,16-17H,2,5-8H2,1H3/b4-3-/t16-,17-. The van der Waals surface area contributed by atoms with E-state index in [4.69, 9.17) is 5.26 Å². The van der Waals surface area contributed by atoms with Crippen molar-refractivity contribution in [2.45, 2.75) is 51.1 Å². The molecule has 0 amide bonds. The Morgan fingerprint density at radius 2 is 1.67 bits per heavy atom. The molecule has 30 heavy (non-hydrogen) atoms. The number of allylic oxidation sites excluding steroid dienone is 2. The van der Waals surface area contributed by atoms with Gasteiger partial charge in [0.05, 0.1) is 5.56 Å². The lowest BCUT2D eigenvalue weighted by molar-refractivity contribution is -0.185. The molecule has 0 atom stereocenters. The molecule has 1 saturated carbocycles. The van der Waals surface area contributed by atoms with Crippen LogP contribution in [0.15, 0.2) is 48.6 Å². The third kappa shape index (κ3) is 5.02. The van der Waals surface area contributed by atoms with E-state index in [1.807, 2.05) is 0 Å². The van der Waals surface area contributed by atoms with Crippen molar-refractivity contribution in [3.63, 3.8) is 0 Å². The summed E-state index contributed by atoms with van der Waals surface area (Å²) in [6.07, 6.45) is 5.90. The molecule has 0 spiro atoms. The Balaban J connectivity index is 1.68. The summed E-state index contributed by atoms with van der Waals surface area (Å²) >= 11 is 0. The molecule has 0 bridgehead atoms. The van der Waals surface area contributed by atoms with Gasteiger partial charge in [0, 0.05) is 12.1 Å². The summed E-state index contributed by atoms with van der Waals surface area (Å²) in [7, 11) is 0. The number of hydrogen-bond donors (Lipinski definition) is 0. The largest absolute Gasteiger partial charge is 0.429 e. The topological polar surface area (TPSA) is 33.0 Å². The maximum atomic E-state index is 14.5. The van der Waals surface area contributed by atoms with Gasteiger partial charge in [-0.2, -0.15) is 14.0 Å². The lowest BCUT2D eigenvalue weighted by Gasteiger charge is -2.27. The average Bonchev–Trinajstić information content (AvgIpc) is 2.72. The van der Waals surface area contributed by atoms with Crippen molar-refractivity contribution >= 4 is 0 Å². The van der Waals surface area contributed by atoms with Gasteiger partial charge in [-0.15, -0.1) is 0 Å². The Morgan fingerprint density at radius 1 is 1.07 bits per heavy atom. The first-order valence-corrected chi connectivity index (χ1v) is 10.1. The first-order valence-electron chi connectivity index (χ1n) is 10.1. The zero-order chi connectivity index (χ0) is 21.7. The fraction of sp³-hybridized carbons (Fsp3) is 0.375. The molecule has 2 aromatic rings. The van der Waals surface area contributed by atoms with Crippen molar-refractivity contribution in [1.29, 1.82) is 5.26 Å². The highest BCUT2D eigenvalue weighted by molar-refractivity contribution is 5.38. The number of nitriles is 1. The van der Waals surface area contributed by atoms with Gasteiger partial charge in [-0.05, 0) is 61.6 Å². The molecule has 0 unspecified atom stereocenters. The van der Waals surface area contributed by atoms with Gasteiger partial charge in [0.1, 0.15) is 29.0 Å². The predicted molar refractivity (Wildman–Crippen MR) is 106 cm³/mol. The van der Waals surface area contributed by atoms with Crippen LogP contribution in [0.1, 0.15) is 61.6 Å². The fourth-order valence-corrected chi connectivity index (χ4v) is 3.85.